The van der Waals surface area contributed by atoms with Crippen LogP contribution in [-0.4, -0.2) is 58.7 Å². The van der Waals surface area contributed by atoms with Gasteiger partial charge in [-0.05, 0) is 68.4 Å². The minimum absolute atomic E-state index is 0.0267. The van der Waals surface area contributed by atoms with E-state index < -0.39 is 0 Å². The number of aromatic nitrogens is 1. The van der Waals surface area contributed by atoms with Gasteiger partial charge in [0, 0.05) is 38.1 Å². The summed E-state index contributed by atoms with van der Waals surface area (Å²) in [5, 5.41) is 23.7. The van der Waals surface area contributed by atoms with Crippen LogP contribution in [0, 0.1) is 10.1 Å². The van der Waals surface area contributed by atoms with Crippen LogP contribution in [0.25, 0.3) is 22.7 Å². The van der Waals surface area contributed by atoms with Gasteiger partial charge >= 0.3 is 5.69 Å². The highest BCUT2D eigenvalue weighted by molar-refractivity contribution is 5.99. The summed E-state index contributed by atoms with van der Waals surface area (Å²) >= 11 is 0. The van der Waals surface area contributed by atoms with Crippen molar-refractivity contribution < 1.29 is 14.8 Å². The number of fused-ring (bicyclic) bond motifs is 1. The lowest BCUT2D eigenvalue weighted by molar-refractivity contribution is -0.383. The zero-order valence-corrected chi connectivity index (χ0v) is 19.3. The first-order chi connectivity index (χ1) is 15.9. The number of phenols is 1. The van der Waals surface area contributed by atoms with Gasteiger partial charge in [-0.3, -0.25) is 15.0 Å². The predicted octanol–water partition coefficient (Wildman–Crippen LogP) is 4.77. The fourth-order valence-corrected chi connectivity index (χ4v) is 4.50. The number of nitrogens with zero attached hydrogens (tertiary/aromatic N) is 4. The summed E-state index contributed by atoms with van der Waals surface area (Å²) in [5.41, 5.74) is 2.62. The molecule has 0 atom stereocenters. The lowest BCUT2D eigenvalue weighted by Gasteiger charge is -2.27. The van der Waals surface area contributed by atoms with E-state index in [9.17, 15) is 15.2 Å². The molecule has 1 N–H and O–H groups in total. The van der Waals surface area contributed by atoms with Crippen LogP contribution in [0.4, 0.5) is 5.69 Å². The topological polar surface area (TPSA) is 84.0 Å². The van der Waals surface area contributed by atoms with Gasteiger partial charge in [0.2, 0.25) is 0 Å². The fraction of sp³-hybridized carbons (Fsp3) is 0.360. The molecule has 174 valence electrons. The number of piperidine rings is 1. The third-order valence-electron chi connectivity index (χ3n) is 6.09. The van der Waals surface area contributed by atoms with Crippen LogP contribution in [0.5, 0.6) is 11.5 Å². The molecule has 2 heterocycles. The van der Waals surface area contributed by atoms with E-state index in [1.807, 2.05) is 47.8 Å². The van der Waals surface area contributed by atoms with Gasteiger partial charge in [0.15, 0.2) is 0 Å². The number of phenolic OH excluding ortho intramolecular Hbond substituents is 1. The van der Waals surface area contributed by atoms with Crippen LogP contribution < -0.4 is 4.74 Å². The van der Waals surface area contributed by atoms with E-state index in [0.717, 1.165) is 31.6 Å². The summed E-state index contributed by atoms with van der Waals surface area (Å²) in [6.45, 7) is 2.44. The van der Waals surface area contributed by atoms with Crippen molar-refractivity contribution >= 4 is 22.7 Å². The molecular formula is C25H30N4O4. The van der Waals surface area contributed by atoms with E-state index in [2.05, 4.69) is 4.90 Å². The van der Waals surface area contributed by atoms with E-state index in [-0.39, 0.29) is 16.4 Å². The first kappa shape index (κ1) is 22.7. The Morgan fingerprint density at radius 2 is 1.82 bits per heavy atom. The van der Waals surface area contributed by atoms with Crippen LogP contribution in [0.1, 0.15) is 30.5 Å². The molecule has 4 rings (SSSR count). The number of hydrogen-bond acceptors (Lipinski definition) is 6. The highest BCUT2D eigenvalue weighted by atomic mass is 16.6. The second-order valence-electron chi connectivity index (χ2n) is 8.60. The number of benzene rings is 2. The van der Waals surface area contributed by atoms with Gasteiger partial charge in [-0.2, -0.15) is 0 Å². The fourth-order valence-electron chi connectivity index (χ4n) is 4.50. The molecule has 1 fully saturated rings. The van der Waals surface area contributed by atoms with Gasteiger partial charge < -0.3 is 19.3 Å². The number of aromatic hydroxyl groups is 1. The van der Waals surface area contributed by atoms with E-state index >= 15 is 0 Å². The second-order valence-corrected chi connectivity index (χ2v) is 8.60. The Morgan fingerprint density at radius 3 is 2.42 bits per heavy atom. The van der Waals surface area contributed by atoms with Crippen LogP contribution in [0.3, 0.4) is 0 Å². The zero-order chi connectivity index (χ0) is 23.5. The van der Waals surface area contributed by atoms with Gasteiger partial charge in [0.05, 0.1) is 22.9 Å². The van der Waals surface area contributed by atoms with Crippen molar-refractivity contribution in [2.45, 2.75) is 25.8 Å². The van der Waals surface area contributed by atoms with Crippen molar-refractivity contribution in [3.8, 4) is 17.2 Å². The molecule has 8 heteroatoms. The number of methoxy groups -OCH3 is 1. The van der Waals surface area contributed by atoms with Crippen LogP contribution in [0.15, 0.2) is 42.6 Å². The largest absolute Gasteiger partial charge is 0.508 e. The predicted molar refractivity (Wildman–Crippen MR) is 130 cm³/mol. The average molecular weight is 451 g/mol. The highest BCUT2D eigenvalue weighted by Crippen LogP contribution is 2.41. The summed E-state index contributed by atoms with van der Waals surface area (Å²) in [6, 6.07) is 10.6. The lowest BCUT2D eigenvalue weighted by Crippen LogP contribution is -2.29. The summed E-state index contributed by atoms with van der Waals surface area (Å²) in [5.74, 6) is 0.852. The molecule has 8 nitrogen and oxygen atoms in total. The molecule has 1 saturated heterocycles. The molecule has 0 spiro atoms. The molecule has 0 radical (unpaired) electrons. The summed E-state index contributed by atoms with van der Waals surface area (Å²) in [7, 11) is 5.34. The van der Waals surface area contributed by atoms with Gasteiger partial charge in [-0.1, -0.05) is 6.42 Å². The van der Waals surface area contributed by atoms with E-state index in [1.54, 1.807) is 31.5 Å². The smallest absolute Gasteiger partial charge is 0.302 e. The maximum Gasteiger partial charge on any atom is 0.302 e. The second kappa shape index (κ2) is 9.54. The first-order valence-electron chi connectivity index (χ1n) is 11.2. The summed E-state index contributed by atoms with van der Waals surface area (Å²) in [6.07, 6.45) is 7.00. The molecule has 1 aliphatic heterocycles. The standard InChI is InChI=1S/C25H30N4O4/c1-26(2)16-13-22-25(29(31)32)20-11-12-23(30)21(17-27-14-5-4-6-15-27)24(20)28(22)18-7-9-19(33-3)10-8-18/h7-13,16,30H,4-6,14-15,17H2,1-3H3/b16-13-. The van der Waals surface area contributed by atoms with Gasteiger partial charge in [0.1, 0.15) is 17.2 Å². The molecule has 0 saturated carbocycles. The van der Waals surface area contributed by atoms with Crippen LogP contribution in [-0.2, 0) is 6.54 Å². The Morgan fingerprint density at radius 1 is 1.12 bits per heavy atom. The molecule has 1 aromatic heterocycles. The quantitative estimate of drug-likeness (QED) is 0.412. The Hall–Kier alpha value is -3.52. The Labute approximate surface area is 193 Å². The van der Waals surface area contributed by atoms with Crippen molar-refractivity contribution in [1.82, 2.24) is 14.4 Å². The van der Waals surface area contributed by atoms with Crippen molar-refractivity contribution in [2.75, 3.05) is 34.3 Å². The third-order valence-corrected chi connectivity index (χ3v) is 6.09. The molecule has 3 aromatic rings. The molecule has 0 amide bonds. The van der Waals surface area contributed by atoms with Crippen LogP contribution in [0.2, 0.25) is 0 Å². The molecule has 0 bridgehead atoms. The maximum absolute atomic E-state index is 12.3. The Kier molecular flexibility index (Phi) is 6.55. The number of ether oxygens (including phenoxy) is 1. The normalized spacial score (nSPS) is 14.8. The monoisotopic (exact) mass is 450 g/mol. The van der Waals surface area contributed by atoms with E-state index in [0.29, 0.717) is 34.5 Å². The SMILES string of the molecule is COc1ccc(-n2c(/C=C\N(C)C)c([N+](=O)[O-])c3ccc(O)c(CN4CCCCC4)c32)cc1. The highest BCUT2D eigenvalue weighted by Gasteiger charge is 2.29. The van der Waals surface area contributed by atoms with Crippen LogP contribution >= 0.6 is 0 Å². The van der Waals surface area contributed by atoms with Crippen molar-refractivity contribution in [1.29, 1.82) is 0 Å². The van der Waals surface area contributed by atoms with Gasteiger partial charge in [-0.15, -0.1) is 0 Å². The minimum Gasteiger partial charge on any atom is -0.508 e. The van der Waals surface area contributed by atoms with Crippen molar-refractivity contribution in [3.05, 3.63) is 64.0 Å². The van der Waals surface area contributed by atoms with E-state index in [4.69, 9.17) is 4.74 Å². The van der Waals surface area contributed by atoms with Crippen molar-refractivity contribution in [3.63, 3.8) is 0 Å². The molecule has 33 heavy (non-hydrogen) atoms. The van der Waals surface area contributed by atoms with Crippen molar-refractivity contribution in [2.24, 2.45) is 0 Å². The Balaban J connectivity index is 2.03. The van der Waals surface area contributed by atoms with Gasteiger partial charge in [0.25, 0.3) is 0 Å². The van der Waals surface area contributed by atoms with E-state index in [1.165, 1.54) is 6.42 Å². The minimum atomic E-state index is -0.334. The lowest BCUT2D eigenvalue weighted by atomic mass is 10.1. The third kappa shape index (κ3) is 4.52. The molecule has 0 aliphatic carbocycles. The average Bonchev–Trinajstić information content (AvgIpc) is 3.15. The number of hydrogen-bond donors (Lipinski definition) is 1. The molecule has 1 aliphatic rings. The molecule has 2 aromatic carbocycles. The summed E-state index contributed by atoms with van der Waals surface area (Å²) in [4.78, 5) is 16.1. The maximum atomic E-state index is 12.3. The number of likely N-dealkylation sites (tertiary alicyclic amines) is 1. The number of nitro groups is 1. The molecule has 0 unspecified atom stereocenters. The molecular weight excluding hydrogens is 420 g/mol. The zero-order valence-electron chi connectivity index (χ0n) is 19.3. The summed E-state index contributed by atoms with van der Waals surface area (Å²) < 4.78 is 7.18. The van der Waals surface area contributed by atoms with Gasteiger partial charge in [-0.25, -0.2) is 0 Å². The Bertz CT molecular complexity index is 1180. The first-order valence-corrected chi connectivity index (χ1v) is 11.2. The number of rotatable bonds is 7.